The van der Waals surface area contributed by atoms with Crippen LogP contribution in [0.4, 0.5) is 0 Å². The summed E-state index contributed by atoms with van der Waals surface area (Å²) in [6, 6.07) is 11.9. The number of hydrogen-bond acceptors (Lipinski definition) is 4. The molecule has 3 rings (SSSR count). The van der Waals surface area contributed by atoms with Crippen molar-refractivity contribution in [3.05, 3.63) is 54.0 Å². The van der Waals surface area contributed by atoms with Gasteiger partial charge in [-0.1, -0.05) is 12.1 Å². The van der Waals surface area contributed by atoms with Gasteiger partial charge in [0, 0.05) is 32.7 Å². The predicted octanol–water partition coefficient (Wildman–Crippen LogP) is 4.00. The Bertz CT molecular complexity index is 701. The standard InChI is InChI=1S/C22H31N3O3.HI/c1-26-20-9-7-18(8-10-20)16-25-22(24-13-11-21-4-2-15-28-21)23-12-3-14-27-17-19-5-6-19;/h2,4,7-10,15,19H,3,5-6,11-14,16-17H2,1H3,(H2,23,24,25);1H. The van der Waals surface area contributed by atoms with Gasteiger partial charge in [-0.25, -0.2) is 4.99 Å². The zero-order chi connectivity index (χ0) is 19.4. The Morgan fingerprint density at radius 3 is 2.62 bits per heavy atom. The maximum Gasteiger partial charge on any atom is 0.191 e. The van der Waals surface area contributed by atoms with Crippen molar-refractivity contribution < 1.29 is 13.9 Å². The van der Waals surface area contributed by atoms with Gasteiger partial charge in [-0.05, 0) is 55.0 Å². The second-order valence-corrected chi connectivity index (χ2v) is 7.07. The summed E-state index contributed by atoms with van der Waals surface area (Å²) in [5.41, 5.74) is 1.14. The number of benzene rings is 1. The fourth-order valence-corrected chi connectivity index (χ4v) is 2.75. The molecule has 0 amide bonds. The molecule has 1 heterocycles. The van der Waals surface area contributed by atoms with E-state index in [1.807, 2.05) is 36.4 Å². The summed E-state index contributed by atoms with van der Waals surface area (Å²) < 4.78 is 16.3. The van der Waals surface area contributed by atoms with Crippen LogP contribution < -0.4 is 15.4 Å². The molecule has 160 valence electrons. The number of hydrogen-bond donors (Lipinski definition) is 2. The van der Waals surface area contributed by atoms with Crippen LogP contribution in [0.3, 0.4) is 0 Å². The molecule has 0 saturated heterocycles. The van der Waals surface area contributed by atoms with Crippen LogP contribution in [0.25, 0.3) is 0 Å². The molecule has 0 unspecified atom stereocenters. The number of nitrogens with one attached hydrogen (secondary N) is 2. The van der Waals surface area contributed by atoms with Crippen LogP contribution in [0.15, 0.2) is 52.1 Å². The summed E-state index contributed by atoms with van der Waals surface area (Å²) in [5, 5.41) is 6.78. The number of guanidine groups is 1. The number of aliphatic imine (C=N–C) groups is 1. The Morgan fingerprint density at radius 1 is 1.14 bits per heavy atom. The number of methoxy groups -OCH3 is 1. The molecule has 2 aromatic rings. The normalized spacial score (nSPS) is 13.6. The highest BCUT2D eigenvalue weighted by atomic mass is 127. The molecule has 0 aliphatic heterocycles. The number of halogens is 1. The van der Waals surface area contributed by atoms with Gasteiger partial charge in [-0.2, -0.15) is 0 Å². The van der Waals surface area contributed by atoms with Crippen molar-refractivity contribution >= 4 is 29.9 Å². The van der Waals surface area contributed by atoms with Gasteiger partial charge in [-0.15, -0.1) is 24.0 Å². The highest BCUT2D eigenvalue weighted by Gasteiger charge is 2.20. The molecular formula is C22H32IN3O3. The van der Waals surface area contributed by atoms with Gasteiger partial charge in [-0.3, -0.25) is 0 Å². The number of nitrogens with zero attached hydrogens (tertiary/aromatic N) is 1. The lowest BCUT2D eigenvalue weighted by Gasteiger charge is -2.12. The number of ether oxygens (including phenoxy) is 2. The van der Waals surface area contributed by atoms with E-state index < -0.39 is 0 Å². The lowest BCUT2D eigenvalue weighted by atomic mass is 10.2. The first-order chi connectivity index (χ1) is 13.8. The van der Waals surface area contributed by atoms with E-state index in [0.717, 1.165) is 68.1 Å². The highest BCUT2D eigenvalue weighted by Crippen LogP contribution is 2.28. The van der Waals surface area contributed by atoms with E-state index in [4.69, 9.17) is 18.9 Å². The molecule has 0 bridgehead atoms. The van der Waals surface area contributed by atoms with Crippen molar-refractivity contribution in [3.63, 3.8) is 0 Å². The number of furan rings is 1. The van der Waals surface area contributed by atoms with Gasteiger partial charge >= 0.3 is 0 Å². The quantitative estimate of drug-likeness (QED) is 0.194. The minimum Gasteiger partial charge on any atom is -0.497 e. The van der Waals surface area contributed by atoms with E-state index in [1.165, 1.54) is 12.8 Å². The first-order valence-electron chi connectivity index (χ1n) is 10.1. The maximum atomic E-state index is 5.70. The zero-order valence-corrected chi connectivity index (χ0v) is 19.4. The van der Waals surface area contributed by atoms with Crippen molar-refractivity contribution in [1.82, 2.24) is 10.6 Å². The first-order valence-corrected chi connectivity index (χ1v) is 10.1. The van der Waals surface area contributed by atoms with Gasteiger partial charge < -0.3 is 24.5 Å². The maximum absolute atomic E-state index is 5.70. The third kappa shape index (κ3) is 9.54. The molecule has 6 nitrogen and oxygen atoms in total. The largest absolute Gasteiger partial charge is 0.497 e. The van der Waals surface area contributed by atoms with Crippen LogP contribution >= 0.6 is 24.0 Å². The zero-order valence-electron chi connectivity index (χ0n) is 17.1. The summed E-state index contributed by atoms with van der Waals surface area (Å²) in [4.78, 5) is 4.71. The van der Waals surface area contributed by atoms with Crippen LogP contribution in [-0.4, -0.2) is 39.4 Å². The van der Waals surface area contributed by atoms with E-state index >= 15 is 0 Å². The summed E-state index contributed by atoms with van der Waals surface area (Å²) in [6.07, 6.45) is 6.16. The van der Waals surface area contributed by atoms with E-state index in [0.29, 0.717) is 6.54 Å². The molecule has 1 saturated carbocycles. The van der Waals surface area contributed by atoms with Gasteiger partial charge in [0.1, 0.15) is 11.5 Å². The Morgan fingerprint density at radius 2 is 1.93 bits per heavy atom. The molecule has 7 heteroatoms. The second-order valence-electron chi connectivity index (χ2n) is 7.07. The predicted molar refractivity (Wildman–Crippen MR) is 126 cm³/mol. The first kappa shape index (κ1) is 23.5. The van der Waals surface area contributed by atoms with Crippen LogP contribution in [0, 0.1) is 5.92 Å². The fourth-order valence-electron chi connectivity index (χ4n) is 2.75. The minimum atomic E-state index is 0. The average molecular weight is 513 g/mol. The van der Waals surface area contributed by atoms with Crippen molar-refractivity contribution in [3.8, 4) is 5.75 Å². The van der Waals surface area contributed by atoms with Crippen molar-refractivity contribution in [2.24, 2.45) is 10.9 Å². The Hall–Kier alpha value is -1.74. The Kier molecular flexibility index (Phi) is 10.9. The van der Waals surface area contributed by atoms with Crippen LogP contribution in [0.1, 0.15) is 30.6 Å². The SMILES string of the molecule is COc1ccc(CN=C(NCCCOCC2CC2)NCCc2ccco2)cc1.I. The fraction of sp³-hybridized carbons (Fsp3) is 0.500. The van der Waals surface area contributed by atoms with Crippen molar-refractivity contribution in [2.75, 3.05) is 33.4 Å². The lowest BCUT2D eigenvalue weighted by Crippen LogP contribution is -2.39. The third-order valence-electron chi connectivity index (χ3n) is 4.63. The van der Waals surface area contributed by atoms with E-state index in [-0.39, 0.29) is 24.0 Å². The van der Waals surface area contributed by atoms with Crippen molar-refractivity contribution in [1.29, 1.82) is 0 Å². The summed E-state index contributed by atoms with van der Waals surface area (Å²) in [7, 11) is 1.67. The van der Waals surface area contributed by atoms with Gasteiger partial charge in [0.25, 0.3) is 0 Å². The lowest BCUT2D eigenvalue weighted by molar-refractivity contribution is 0.123. The molecule has 1 aromatic carbocycles. The molecular weight excluding hydrogens is 481 g/mol. The van der Waals surface area contributed by atoms with Gasteiger partial charge in [0.2, 0.25) is 0 Å². The topological polar surface area (TPSA) is 68.0 Å². The minimum absolute atomic E-state index is 0. The summed E-state index contributed by atoms with van der Waals surface area (Å²) in [6.45, 7) is 3.92. The molecule has 1 aliphatic rings. The molecule has 1 fully saturated rings. The highest BCUT2D eigenvalue weighted by molar-refractivity contribution is 14.0. The van der Waals surface area contributed by atoms with Gasteiger partial charge in [0.15, 0.2) is 5.96 Å². The molecule has 0 spiro atoms. The van der Waals surface area contributed by atoms with E-state index in [1.54, 1.807) is 13.4 Å². The monoisotopic (exact) mass is 513 g/mol. The Labute approximate surface area is 190 Å². The molecule has 0 atom stereocenters. The molecule has 29 heavy (non-hydrogen) atoms. The van der Waals surface area contributed by atoms with Crippen LogP contribution in [-0.2, 0) is 17.7 Å². The van der Waals surface area contributed by atoms with Crippen LogP contribution in [0.5, 0.6) is 5.75 Å². The molecule has 0 radical (unpaired) electrons. The molecule has 1 aromatic heterocycles. The summed E-state index contributed by atoms with van der Waals surface area (Å²) >= 11 is 0. The third-order valence-corrected chi connectivity index (χ3v) is 4.63. The average Bonchev–Trinajstić information content (AvgIpc) is 3.41. The second kappa shape index (κ2) is 13.5. The smallest absolute Gasteiger partial charge is 0.191 e. The summed E-state index contributed by atoms with van der Waals surface area (Å²) in [5.74, 6) is 3.45. The molecule has 1 aliphatic carbocycles. The molecule has 2 N–H and O–H groups in total. The van der Waals surface area contributed by atoms with E-state index in [9.17, 15) is 0 Å². The Balaban J connectivity index is 0.00000300. The van der Waals surface area contributed by atoms with Gasteiger partial charge in [0.05, 0.1) is 19.9 Å². The van der Waals surface area contributed by atoms with Crippen molar-refractivity contribution in [2.45, 2.75) is 32.2 Å². The number of rotatable bonds is 12. The van der Waals surface area contributed by atoms with E-state index in [2.05, 4.69) is 10.6 Å². The van der Waals surface area contributed by atoms with Crippen LogP contribution in [0.2, 0.25) is 0 Å².